The summed E-state index contributed by atoms with van der Waals surface area (Å²) in [5, 5.41) is 3.54. The fourth-order valence-corrected chi connectivity index (χ4v) is 2.40. The molecule has 0 aliphatic carbocycles. The number of benzene rings is 1. The van der Waals surface area contributed by atoms with Crippen LogP contribution in [0.2, 0.25) is 0 Å². The summed E-state index contributed by atoms with van der Waals surface area (Å²) in [7, 11) is 1.51. The molecule has 3 rings (SSSR count). The normalized spacial score (nSPS) is 10.5. The molecule has 6 nitrogen and oxygen atoms in total. The molecule has 0 radical (unpaired) electrons. The second kappa shape index (κ2) is 5.92. The van der Waals surface area contributed by atoms with Crippen LogP contribution >= 0.6 is 0 Å². The number of aromatic nitrogens is 2. The van der Waals surface area contributed by atoms with Crippen LogP contribution in [0.25, 0.3) is 11.0 Å². The van der Waals surface area contributed by atoms with E-state index in [1.54, 1.807) is 30.5 Å². The largest absolute Gasteiger partial charge is 0.495 e. The quantitative estimate of drug-likeness (QED) is 0.726. The number of ether oxygens (including phenoxy) is 1. The lowest BCUT2D eigenvalue weighted by Crippen LogP contribution is -2.14. The maximum absolute atomic E-state index is 12.6. The maximum Gasteiger partial charge on any atom is 0.261 e. The van der Waals surface area contributed by atoms with Crippen molar-refractivity contribution in [1.29, 1.82) is 0 Å². The number of hydrogen-bond donors (Lipinski definition) is 2. The van der Waals surface area contributed by atoms with Gasteiger partial charge in [0.1, 0.15) is 23.2 Å². The van der Waals surface area contributed by atoms with Crippen molar-refractivity contribution in [2.75, 3.05) is 12.4 Å². The number of nitrogens with zero attached hydrogens (tertiary/aromatic N) is 1. The maximum atomic E-state index is 12.6. The van der Waals surface area contributed by atoms with Gasteiger partial charge in [-0.2, -0.15) is 0 Å². The van der Waals surface area contributed by atoms with Gasteiger partial charge < -0.3 is 15.0 Å². The summed E-state index contributed by atoms with van der Waals surface area (Å²) in [6.45, 7) is 1.86. The van der Waals surface area contributed by atoms with Crippen molar-refractivity contribution in [3.05, 3.63) is 53.3 Å². The predicted octanol–water partition coefficient (Wildman–Crippen LogP) is 2.94. The van der Waals surface area contributed by atoms with Gasteiger partial charge in [0, 0.05) is 23.6 Å². The van der Waals surface area contributed by atoms with Crippen molar-refractivity contribution >= 4 is 28.9 Å². The zero-order valence-corrected chi connectivity index (χ0v) is 12.7. The van der Waals surface area contributed by atoms with Gasteiger partial charge in [-0.05, 0) is 24.6 Å². The molecule has 116 valence electrons. The highest BCUT2D eigenvalue weighted by Gasteiger charge is 2.17. The number of nitrogens with one attached hydrogen (secondary N) is 2. The summed E-state index contributed by atoms with van der Waals surface area (Å²) in [4.78, 5) is 30.7. The number of amides is 1. The highest BCUT2D eigenvalue weighted by atomic mass is 16.5. The number of hydrogen-bond acceptors (Lipinski definition) is 4. The molecule has 2 aromatic heterocycles. The fraction of sp³-hybridized carbons (Fsp3) is 0.118. The molecular weight excluding hydrogens is 294 g/mol. The van der Waals surface area contributed by atoms with Crippen LogP contribution in [-0.4, -0.2) is 29.3 Å². The van der Waals surface area contributed by atoms with Gasteiger partial charge in [-0.15, -0.1) is 0 Å². The molecular formula is C17H15N3O3. The number of carbonyl (C=O) groups is 2. The van der Waals surface area contributed by atoms with Crippen molar-refractivity contribution in [3.8, 4) is 5.75 Å². The van der Waals surface area contributed by atoms with E-state index in [9.17, 15) is 9.59 Å². The predicted molar refractivity (Wildman–Crippen MR) is 87.2 cm³/mol. The first-order valence-electron chi connectivity index (χ1n) is 7.01. The third-order valence-corrected chi connectivity index (χ3v) is 3.63. The Hall–Kier alpha value is -3.15. The number of aromatic amines is 1. The second-order valence-corrected chi connectivity index (χ2v) is 5.09. The Morgan fingerprint density at radius 3 is 2.91 bits per heavy atom. The highest BCUT2D eigenvalue weighted by Crippen LogP contribution is 2.28. The zero-order valence-electron chi connectivity index (χ0n) is 12.7. The van der Waals surface area contributed by atoms with E-state index in [1.807, 2.05) is 6.92 Å². The number of fused-ring (bicyclic) bond motifs is 1. The first kappa shape index (κ1) is 14.8. The van der Waals surface area contributed by atoms with Crippen LogP contribution in [0, 0.1) is 6.92 Å². The minimum absolute atomic E-state index is 0.329. The van der Waals surface area contributed by atoms with E-state index >= 15 is 0 Å². The lowest BCUT2D eigenvalue weighted by atomic mass is 10.1. The Morgan fingerprint density at radius 2 is 2.17 bits per heavy atom. The monoisotopic (exact) mass is 309 g/mol. The molecule has 0 atom stereocenters. The first-order chi connectivity index (χ1) is 11.1. The number of carbonyl (C=O) groups excluding carboxylic acids is 2. The lowest BCUT2D eigenvalue weighted by Gasteiger charge is -2.12. The SMILES string of the molecule is COc1c(C(=O)Nc2cc(C=O)ccc2C)cnc2[nH]ccc12. The molecule has 1 aromatic carbocycles. The van der Waals surface area contributed by atoms with Crippen LogP contribution in [0.4, 0.5) is 5.69 Å². The van der Waals surface area contributed by atoms with E-state index in [0.29, 0.717) is 28.2 Å². The number of methoxy groups -OCH3 is 1. The average molecular weight is 309 g/mol. The van der Waals surface area contributed by atoms with Crippen LogP contribution < -0.4 is 10.1 Å². The minimum Gasteiger partial charge on any atom is -0.495 e. The number of H-pyrrole nitrogens is 1. The highest BCUT2D eigenvalue weighted by molar-refractivity contribution is 6.09. The van der Waals surface area contributed by atoms with Gasteiger partial charge in [0.15, 0.2) is 0 Å². The minimum atomic E-state index is -0.344. The van der Waals surface area contributed by atoms with Gasteiger partial charge in [0.05, 0.1) is 12.5 Å². The summed E-state index contributed by atoms with van der Waals surface area (Å²) < 4.78 is 5.37. The molecule has 0 saturated carbocycles. The zero-order chi connectivity index (χ0) is 16.4. The van der Waals surface area contributed by atoms with Gasteiger partial charge in [0.25, 0.3) is 5.91 Å². The van der Waals surface area contributed by atoms with Crippen molar-refractivity contribution in [1.82, 2.24) is 9.97 Å². The van der Waals surface area contributed by atoms with E-state index in [0.717, 1.165) is 17.2 Å². The van der Waals surface area contributed by atoms with E-state index in [1.165, 1.54) is 13.3 Å². The molecule has 0 fully saturated rings. The van der Waals surface area contributed by atoms with Crippen molar-refractivity contribution in [2.24, 2.45) is 0 Å². The topological polar surface area (TPSA) is 84.1 Å². The molecule has 0 spiro atoms. The summed E-state index contributed by atoms with van der Waals surface area (Å²) in [5.74, 6) is 0.113. The number of pyridine rings is 1. The van der Waals surface area contributed by atoms with Crippen LogP contribution in [0.5, 0.6) is 5.75 Å². The molecule has 23 heavy (non-hydrogen) atoms. The standard InChI is InChI=1S/C17H15N3O3/c1-10-3-4-11(9-21)7-14(10)20-17(22)13-8-19-16-12(5-6-18-16)15(13)23-2/h3-9H,1-2H3,(H,18,19)(H,20,22). The summed E-state index contributed by atoms with van der Waals surface area (Å²) in [6, 6.07) is 6.92. The van der Waals surface area contributed by atoms with Gasteiger partial charge in [-0.1, -0.05) is 12.1 Å². The lowest BCUT2D eigenvalue weighted by molar-refractivity contribution is 0.102. The molecule has 0 bridgehead atoms. The molecule has 2 N–H and O–H groups in total. The van der Waals surface area contributed by atoms with Gasteiger partial charge in [-0.25, -0.2) is 4.98 Å². The number of anilines is 1. The van der Waals surface area contributed by atoms with E-state index in [4.69, 9.17) is 4.74 Å². The van der Waals surface area contributed by atoms with Crippen molar-refractivity contribution < 1.29 is 14.3 Å². The first-order valence-corrected chi connectivity index (χ1v) is 7.01. The summed E-state index contributed by atoms with van der Waals surface area (Å²) >= 11 is 0. The van der Waals surface area contributed by atoms with Gasteiger partial charge >= 0.3 is 0 Å². The van der Waals surface area contributed by atoms with Crippen molar-refractivity contribution in [3.63, 3.8) is 0 Å². The molecule has 2 heterocycles. The molecule has 0 aliphatic heterocycles. The number of rotatable bonds is 4. The van der Waals surface area contributed by atoms with Crippen LogP contribution in [-0.2, 0) is 0 Å². The molecule has 3 aromatic rings. The Morgan fingerprint density at radius 1 is 1.35 bits per heavy atom. The summed E-state index contributed by atoms with van der Waals surface area (Å²) in [6.07, 6.45) is 3.94. The molecule has 0 aliphatic rings. The Bertz CT molecular complexity index is 899. The molecule has 0 unspecified atom stereocenters. The van der Waals surface area contributed by atoms with Gasteiger partial charge in [-0.3, -0.25) is 9.59 Å². The Labute approximate surface area is 132 Å². The van der Waals surface area contributed by atoms with Crippen molar-refractivity contribution in [2.45, 2.75) is 6.92 Å². The Balaban J connectivity index is 1.99. The molecule has 0 saturated heterocycles. The smallest absolute Gasteiger partial charge is 0.261 e. The van der Waals surface area contributed by atoms with Crippen LogP contribution in [0.3, 0.4) is 0 Å². The average Bonchev–Trinajstić information content (AvgIpc) is 3.04. The molecule has 6 heteroatoms. The third kappa shape index (κ3) is 2.66. The number of aryl methyl sites for hydroxylation is 1. The van der Waals surface area contributed by atoms with Gasteiger partial charge in [0.2, 0.25) is 0 Å². The number of aldehydes is 1. The second-order valence-electron chi connectivity index (χ2n) is 5.09. The summed E-state index contributed by atoms with van der Waals surface area (Å²) in [5.41, 5.74) is 2.92. The molecule has 1 amide bonds. The van der Waals surface area contributed by atoms with Crippen LogP contribution in [0.1, 0.15) is 26.3 Å². The van der Waals surface area contributed by atoms with E-state index < -0.39 is 0 Å². The Kier molecular flexibility index (Phi) is 3.80. The van der Waals surface area contributed by atoms with Crippen LogP contribution in [0.15, 0.2) is 36.7 Å². The van der Waals surface area contributed by atoms with E-state index in [-0.39, 0.29) is 5.91 Å². The van der Waals surface area contributed by atoms with E-state index in [2.05, 4.69) is 15.3 Å². The fourth-order valence-electron chi connectivity index (χ4n) is 2.40. The third-order valence-electron chi connectivity index (χ3n) is 3.63.